The largest absolute Gasteiger partial charge is 0.477 e. The van der Waals surface area contributed by atoms with Crippen LogP contribution in [-0.2, 0) is 4.79 Å². The standard InChI is InChI=1S/C6H4ClF2NO2/c7-3-1-4(8)6(9,5(11)12)10-2-3/h1-2,10H,(H,11,12). The zero-order valence-electron chi connectivity index (χ0n) is 5.64. The number of hydrogen-bond acceptors (Lipinski definition) is 2. The van der Waals surface area contributed by atoms with Crippen LogP contribution in [0.25, 0.3) is 0 Å². The summed E-state index contributed by atoms with van der Waals surface area (Å²) in [5.74, 6) is -6.60. The topological polar surface area (TPSA) is 49.3 Å². The number of hydrogen-bond donors (Lipinski definition) is 2. The summed E-state index contributed by atoms with van der Waals surface area (Å²) < 4.78 is 25.7. The van der Waals surface area contributed by atoms with Crippen LogP contribution in [0.4, 0.5) is 8.78 Å². The van der Waals surface area contributed by atoms with Gasteiger partial charge in [-0.15, -0.1) is 0 Å². The minimum Gasteiger partial charge on any atom is -0.477 e. The summed E-state index contributed by atoms with van der Waals surface area (Å²) in [6.45, 7) is 0. The Hall–Kier alpha value is -1.10. The van der Waals surface area contributed by atoms with Gasteiger partial charge in [0.05, 0.1) is 5.03 Å². The maximum atomic E-state index is 13.0. The average Bonchev–Trinajstić information content (AvgIpc) is 1.97. The monoisotopic (exact) mass is 195 g/mol. The zero-order chi connectivity index (χ0) is 9.35. The minimum atomic E-state index is -3.18. The van der Waals surface area contributed by atoms with Gasteiger partial charge in [0.2, 0.25) is 0 Å². The summed E-state index contributed by atoms with van der Waals surface area (Å²) in [6.07, 6.45) is 1.48. The van der Waals surface area contributed by atoms with Crippen molar-refractivity contribution >= 4 is 17.6 Å². The molecule has 0 aliphatic carbocycles. The smallest absolute Gasteiger partial charge is 0.370 e. The van der Waals surface area contributed by atoms with E-state index in [2.05, 4.69) is 0 Å². The fraction of sp³-hybridized carbons (Fsp3) is 0.167. The van der Waals surface area contributed by atoms with Gasteiger partial charge in [-0.1, -0.05) is 11.6 Å². The van der Waals surface area contributed by atoms with Crippen molar-refractivity contribution in [3.63, 3.8) is 0 Å². The molecule has 0 aromatic heterocycles. The molecular formula is C6H4ClF2NO2. The molecule has 1 aliphatic rings. The number of allylic oxidation sites excluding steroid dienone is 2. The molecule has 12 heavy (non-hydrogen) atoms. The lowest BCUT2D eigenvalue weighted by Gasteiger charge is -2.21. The van der Waals surface area contributed by atoms with Crippen molar-refractivity contribution in [1.82, 2.24) is 5.32 Å². The van der Waals surface area contributed by atoms with Crippen molar-refractivity contribution in [2.75, 3.05) is 0 Å². The van der Waals surface area contributed by atoms with E-state index in [-0.39, 0.29) is 5.03 Å². The molecular weight excluding hydrogens is 192 g/mol. The summed E-state index contributed by atoms with van der Waals surface area (Å²) in [4.78, 5) is 10.2. The summed E-state index contributed by atoms with van der Waals surface area (Å²) in [7, 11) is 0. The molecule has 1 unspecified atom stereocenters. The number of carboxylic acid groups (broad SMARTS) is 1. The minimum absolute atomic E-state index is 0.0953. The Balaban J connectivity index is 3.01. The van der Waals surface area contributed by atoms with Gasteiger partial charge in [-0.3, -0.25) is 0 Å². The van der Waals surface area contributed by atoms with Crippen LogP contribution in [-0.4, -0.2) is 16.9 Å². The second kappa shape index (κ2) is 2.75. The van der Waals surface area contributed by atoms with Gasteiger partial charge in [0.25, 0.3) is 0 Å². The van der Waals surface area contributed by atoms with Crippen molar-refractivity contribution in [2.24, 2.45) is 0 Å². The van der Waals surface area contributed by atoms with E-state index in [0.29, 0.717) is 6.08 Å². The third-order valence-electron chi connectivity index (χ3n) is 1.30. The number of nitrogens with one attached hydrogen (secondary N) is 1. The van der Waals surface area contributed by atoms with Crippen LogP contribution in [0.1, 0.15) is 0 Å². The molecule has 0 saturated carbocycles. The molecule has 0 aromatic carbocycles. The lowest BCUT2D eigenvalue weighted by molar-refractivity contribution is -0.150. The number of dihydropyridines is 1. The van der Waals surface area contributed by atoms with Gasteiger partial charge in [0.15, 0.2) is 5.83 Å². The Kier molecular flexibility index (Phi) is 2.06. The number of carboxylic acids is 1. The summed E-state index contributed by atoms with van der Waals surface area (Å²) >= 11 is 5.27. The lowest BCUT2D eigenvalue weighted by atomic mass is 10.1. The predicted octanol–water partition coefficient (Wildman–Crippen LogP) is 1.27. The first-order valence-corrected chi connectivity index (χ1v) is 3.28. The van der Waals surface area contributed by atoms with Gasteiger partial charge in [0, 0.05) is 6.20 Å². The predicted molar refractivity (Wildman–Crippen MR) is 37.7 cm³/mol. The third kappa shape index (κ3) is 1.27. The maximum Gasteiger partial charge on any atom is 0.370 e. The van der Waals surface area contributed by atoms with Crippen LogP contribution < -0.4 is 5.32 Å². The highest BCUT2D eigenvalue weighted by molar-refractivity contribution is 6.31. The van der Waals surface area contributed by atoms with Gasteiger partial charge < -0.3 is 10.4 Å². The van der Waals surface area contributed by atoms with Crippen molar-refractivity contribution in [3.05, 3.63) is 23.1 Å². The van der Waals surface area contributed by atoms with Crippen molar-refractivity contribution in [1.29, 1.82) is 0 Å². The molecule has 0 saturated heterocycles. The van der Waals surface area contributed by atoms with Gasteiger partial charge >= 0.3 is 11.8 Å². The molecule has 1 rings (SSSR count). The first-order valence-electron chi connectivity index (χ1n) is 2.90. The summed E-state index contributed by atoms with van der Waals surface area (Å²) in [5.41, 5.74) is 0. The molecule has 1 heterocycles. The summed E-state index contributed by atoms with van der Waals surface area (Å²) in [6, 6.07) is 0. The Morgan fingerprint density at radius 3 is 2.75 bits per heavy atom. The molecule has 2 N–H and O–H groups in total. The molecule has 0 spiro atoms. The van der Waals surface area contributed by atoms with Gasteiger partial charge in [-0.25, -0.2) is 9.18 Å². The number of alkyl halides is 1. The Morgan fingerprint density at radius 2 is 2.33 bits per heavy atom. The van der Waals surface area contributed by atoms with E-state index in [1.807, 2.05) is 0 Å². The van der Waals surface area contributed by atoms with Crippen LogP contribution in [0.2, 0.25) is 0 Å². The number of carbonyl (C=O) groups is 1. The maximum absolute atomic E-state index is 13.0. The molecule has 3 nitrogen and oxygen atoms in total. The van der Waals surface area contributed by atoms with Crippen molar-refractivity contribution in [2.45, 2.75) is 5.79 Å². The van der Waals surface area contributed by atoms with Crippen LogP contribution in [0, 0.1) is 0 Å². The average molecular weight is 196 g/mol. The number of halogens is 3. The number of aliphatic carboxylic acids is 1. The molecule has 0 bridgehead atoms. The molecule has 6 heteroatoms. The lowest BCUT2D eigenvalue weighted by Crippen LogP contribution is -2.47. The molecule has 66 valence electrons. The van der Waals surface area contributed by atoms with E-state index in [1.54, 1.807) is 5.32 Å². The van der Waals surface area contributed by atoms with Crippen LogP contribution in [0.3, 0.4) is 0 Å². The fourth-order valence-electron chi connectivity index (χ4n) is 0.663. The van der Waals surface area contributed by atoms with Gasteiger partial charge in [0.1, 0.15) is 0 Å². The van der Waals surface area contributed by atoms with E-state index in [0.717, 1.165) is 6.20 Å². The molecule has 0 radical (unpaired) electrons. The first-order chi connectivity index (χ1) is 5.47. The Labute approximate surface area is 71.3 Å². The SMILES string of the molecule is O=C(O)C1(F)NC=C(Cl)C=C1F. The van der Waals surface area contributed by atoms with Gasteiger partial charge in [-0.05, 0) is 6.08 Å². The second-order valence-corrected chi connectivity index (χ2v) is 2.57. The molecule has 1 atom stereocenters. The van der Waals surface area contributed by atoms with E-state index in [1.165, 1.54) is 0 Å². The van der Waals surface area contributed by atoms with Crippen molar-refractivity contribution in [3.8, 4) is 0 Å². The molecule has 0 aromatic rings. The second-order valence-electron chi connectivity index (χ2n) is 2.13. The van der Waals surface area contributed by atoms with E-state index in [4.69, 9.17) is 16.7 Å². The highest BCUT2D eigenvalue weighted by atomic mass is 35.5. The van der Waals surface area contributed by atoms with Crippen molar-refractivity contribution < 1.29 is 18.7 Å². The molecule has 0 fully saturated rings. The molecule has 0 amide bonds. The third-order valence-corrected chi connectivity index (χ3v) is 1.52. The summed E-state index contributed by atoms with van der Waals surface area (Å²) in [5, 5.41) is 9.86. The fourth-order valence-corrected chi connectivity index (χ4v) is 0.814. The highest BCUT2D eigenvalue weighted by Crippen LogP contribution is 2.26. The highest BCUT2D eigenvalue weighted by Gasteiger charge is 2.44. The van der Waals surface area contributed by atoms with E-state index >= 15 is 0 Å². The van der Waals surface area contributed by atoms with E-state index in [9.17, 15) is 13.6 Å². The van der Waals surface area contributed by atoms with E-state index < -0.39 is 17.6 Å². The Morgan fingerprint density at radius 1 is 1.75 bits per heavy atom. The van der Waals surface area contributed by atoms with Crippen LogP contribution in [0.15, 0.2) is 23.1 Å². The van der Waals surface area contributed by atoms with Crippen LogP contribution in [0.5, 0.6) is 0 Å². The number of rotatable bonds is 1. The van der Waals surface area contributed by atoms with Crippen LogP contribution >= 0.6 is 11.6 Å². The quantitative estimate of drug-likeness (QED) is 0.620. The molecule has 1 aliphatic heterocycles. The van der Waals surface area contributed by atoms with Gasteiger partial charge in [-0.2, -0.15) is 4.39 Å². The normalized spacial score (nSPS) is 28.6. The zero-order valence-corrected chi connectivity index (χ0v) is 6.40. The Bertz CT molecular complexity index is 289. The first kappa shape index (κ1) is 8.99.